The minimum Gasteiger partial charge on any atom is -0.486 e. The highest BCUT2D eigenvalue weighted by molar-refractivity contribution is 7.99. The molecule has 3 aromatic rings. The van der Waals surface area contributed by atoms with Crippen LogP contribution < -0.4 is 14.8 Å². The maximum absolute atomic E-state index is 12.3. The molecule has 8 nitrogen and oxygen atoms in total. The third kappa shape index (κ3) is 4.62. The van der Waals surface area contributed by atoms with Gasteiger partial charge in [0.25, 0.3) is 0 Å². The highest BCUT2D eigenvalue weighted by atomic mass is 32.2. The van der Waals surface area contributed by atoms with Crippen LogP contribution in [-0.4, -0.2) is 50.7 Å². The molecule has 0 saturated heterocycles. The summed E-state index contributed by atoms with van der Waals surface area (Å²) in [4.78, 5) is 16.4. The van der Waals surface area contributed by atoms with Crippen molar-refractivity contribution in [2.24, 2.45) is 0 Å². The van der Waals surface area contributed by atoms with E-state index in [-0.39, 0.29) is 17.8 Å². The number of amides is 1. The predicted molar refractivity (Wildman–Crippen MR) is 114 cm³/mol. The number of allylic oxidation sites excluding steroid dienone is 1. The van der Waals surface area contributed by atoms with Crippen molar-refractivity contribution in [3.8, 4) is 22.9 Å². The molecular weight excluding hydrogens is 402 g/mol. The van der Waals surface area contributed by atoms with E-state index in [0.717, 1.165) is 11.3 Å². The summed E-state index contributed by atoms with van der Waals surface area (Å²) in [6.07, 6.45) is 4.96. The van der Waals surface area contributed by atoms with Gasteiger partial charge in [-0.05, 0) is 24.3 Å². The van der Waals surface area contributed by atoms with Crippen molar-refractivity contribution in [3.05, 3.63) is 61.4 Å². The summed E-state index contributed by atoms with van der Waals surface area (Å²) in [6, 6.07) is 11.2. The van der Waals surface area contributed by atoms with Gasteiger partial charge in [0, 0.05) is 24.5 Å². The van der Waals surface area contributed by atoms with E-state index in [9.17, 15) is 4.79 Å². The normalized spacial score (nSPS) is 14.9. The SMILES string of the molecule is C=CCn1c(SCC(=O)NCC2COc3ccccc3O2)nnc1-c1ccncc1. The van der Waals surface area contributed by atoms with E-state index >= 15 is 0 Å². The Morgan fingerprint density at radius 1 is 1.23 bits per heavy atom. The van der Waals surface area contributed by atoms with E-state index in [4.69, 9.17) is 9.47 Å². The van der Waals surface area contributed by atoms with Crippen molar-refractivity contribution < 1.29 is 14.3 Å². The molecule has 0 bridgehead atoms. The minimum absolute atomic E-state index is 0.110. The van der Waals surface area contributed by atoms with Gasteiger partial charge >= 0.3 is 0 Å². The van der Waals surface area contributed by atoms with Gasteiger partial charge in [0.15, 0.2) is 22.5 Å². The highest BCUT2D eigenvalue weighted by Gasteiger charge is 2.21. The third-order valence-electron chi connectivity index (χ3n) is 4.39. The zero-order chi connectivity index (χ0) is 20.8. The molecule has 0 radical (unpaired) electrons. The van der Waals surface area contributed by atoms with Gasteiger partial charge in [0.05, 0.1) is 12.3 Å². The molecule has 1 aliphatic rings. The lowest BCUT2D eigenvalue weighted by Gasteiger charge is -2.26. The highest BCUT2D eigenvalue weighted by Crippen LogP contribution is 2.30. The number of rotatable bonds is 8. The molecule has 1 N–H and O–H groups in total. The Kier molecular flexibility index (Phi) is 6.29. The van der Waals surface area contributed by atoms with E-state index in [0.29, 0.717) is 36.4 Å². The first-order chi connectivity index (χ1) is 14.7. The zero-order valence-corrected chi connectivity index (χ0v) is 17.0. The van der Waals surface area contributed by atoms with Crippen molar-refractivity contribution in [2.75, 3.05) is 18.9 Å². The van der Waals surface area contributed by atoms with E-state index < -0.39 is 0 Å². The van der Waals surface area contributed by atoms with Crippen molar-refractivity contribution in [3.63, 3.8) is 0 Å². The second-order valence-electron chi connectivity index (χ2n) is 6.53. The molecule has 2 aromatic heterocycles. The van der Waals surface area contributed by atoms with Crippen LogP contribution in [0.2, 0.25) is 0 Å². The van der Waals surface area contributed by atoms with Crippen molar-refractivity contribution in [1.29, 1.82) is 0 Å². The van der Waals surface area contributed by atoms with Gasteiger partial charge in [-0.2, -0.15) is 0 Å². The lowest BCUT2D eigenvalue weighted by molar-refractivity contribution is -0.119. The Bertz CT molecular complexity index is 1020. The molecule has 0 aliphatic carbocycles. The van der Waals surface area contributed by atoms with Crippen LogP contribution in [0.5, 0.6) is 11.5 Å². The average Bonchev–Trinajstić information content (AvgIpc) is 3.19. The van der Waals surface area contributed by atoms with Crippen LogP contribution in [0.1, 0.15) is 0 Å². The van der Waals surface area contributed by atoms with Crippen molar-refractivity contribution in [1.82, 2.24) is 25.1 Å². The van der Waals surface area contributed by atoms with Gasteiger partial charge in [-0.1, -0.05) is 30.0 Å². The summed E-state index contributed by atoms with van der Waals surface area (Å²) in [5, 5.41) is 12.1. The van der Waals surface area contributed by atoms with Crippen LogP contribution in [0, 0.1) is 0 Å². The fourth-order valence-electron chi connectivity index (χ4n) is 2.98. The molecule has 0 spiro atoms. The van der Waals surface area contributed by atoms with Gasteiger partial charge in [0.1, 0.15) is 12.7 Å². The summed E-state index contributed by atoms with van der Waals surface area (Å²) in [5.74, 6) is 2.24. The van der Waals surface area contributed by atoms with Crippen LogP contribution in [0.3, 0.4) is 0 Å². The molecule has 1 unspecified atom stereocenters. The molecular formula is C21H21N5O3S. The van der Waals surface area contributed by atoms with Crippen LogP contribution in [0.4, 0.5) is 0 Å². The van der Waals surface area contributed by atoms with Gasteiger partial charge < -0.3 is 14.8 Å². The Labute approximate surface area is 178 Å². The number of aromatic nitrogens is 4. The number of carbonyl (C=O) groups is 1. The average molecular weight is 423 g/mol. The number of hydrogen-bond donors (Lipinski definition) is 1. The molecule has 0 fully saturated rings. The topological polar surface area (TPSA) is 91.2 Å². The first-order valence-corrected chi connectivity index (χ1v) is 10.5. The number of nitrogens with zero attached hydrogens (tertiary/aromatic N) is 4. The van der Waals surface area contributed by atoms with Gasteiger partial charge in [-0.3, -0.25) is 14.3 Å². The molecule has 3 heterocycles. The molecule has 9 heteroatoms. The maximum atomic E-state index is 12.3. The lowest BCUT2D eigenvalue weighted by atomic mass is 10.2. The summed E-state index contributed by atoms with van der Waals surface area (Å²) in [6.45, 7) is 5.11. The van der Waals surface area contributed by atoms with E-state index in [1.54, 1.807) is 18.5 Å². The first-order valence-electron chi connectivity index (χ1n) is 9.47. The van der Waals surface area contributed by atoms with Crippen molar-refractivity contribution >= 4 is 17.7 Å². The van der Waals surface area contributed by atoms with E-state index in [1.165, 1.54) is 11.8 Å². The summed E-state index contributed by atoms with van der Waals surface area (Å²) >= 11 is 1.33. The number of para-hydroxylation sites is 2. The standard InChI is InChI=1S/C21H21N5O3S/c1-2-11-26-20(15-7-9-22-10-8-15)24-25-21(26)30-14-19(27)23-12-16-13-28-17-5-3-4-6-18(17)29-16/h2-10,16H,1,11-14H2,(H,23,27). The van der Waals surface area contributed by atoms with Gasteiger partial charge in [-0.25, -0.2) is 0 Å². The maximum Gasteiger partial charge on any atom is 0.230 e. The Morgan fingerprint density at radius 2 is 2.03 bits per heavy atom. The third-order valence-corrected chi connectivity index (χ3v) is 5.36. The Morgan fingerprint density at radius 3 is 2.83 bits per heavy atom. The summed E-state index contributed by atoms with van der Waals surface area (Å²) in [5.41, 5.74) is 0.908. The number of benzene rings is 1. The Hall–Kier alpha value is -3.33. The molecule has 1 atom stereocenters. The van der Waals surface area contributed by atoms with Crippen LogP contribution in [0.25, 0.3) is 11.4 Å². The lowest BCUT2D eigenvalue weighted by Crippen LogP contribution is -2.41. The number of nitrogens with one attached hydrogen (secondary N) is 1. The van der Waals surface area contributed by atoms with E-state index in [1.807, 2.05) is 41.0 Å². The zero-order valence-electron chi connectivity index (χ0n) is 16.2. The largest absolute Gasteiger partial charge is 0.486 e. The number of ether oxygens (including phenoxy) is 2. The molecule has 154 valence electrons. The van der Waals surface area contributed by atoms with Crippen LogP contribution in [-0.2, 0) is 11.3 Å². The van der Waals surface area contributed by atoms with Gasteiger partial charge in [-0.15, -0.1) is 16.8 Å². The minimum atomic E-state index is -0.225. The fourth-order valence-corrected chi connectivity index (χ4v) is 3.75. The second-order valence-corrected chi connectivity index (χ2v) is 7.47. The number of fused-ring (bicyclic) bond motifs is 1. The quantitative estimate of drug-likeness (QED) is 0.440. The number of carbonyl (C=O) groups excluding carboxylic acids is 1. The predicted octanol–water partition coefficient (Wildman–Crippen LogP) is 2.57. The number of thioether (sulfide) groups is 1. The molecule has 30 heavy (non-hydrogen) atoms. The van der Waals surface area contributed by atoms with Crippen molar-refractivity contribution in [2.45, 2.75) is 17.8 Å². The molecule has 1 aliphatic heterocycles. The molecule has 1 aromatic carbocycles. The van der Waals surface area contributed by atoms with E-state index in [2.05, 4.69) is 27.1 Å². The number of hydrogen-bond acceptors (Lipinski definition) is 7. The van der Waals surface area contributed by atoms with Crippen LogP contribution in [0.15, 0.2) is 66.6 Å². The smallest absolute Gasteiger partial charge is 0.230 e. The fraction of sp³-hybridized carbons (Fsp3) is 0.238. The van der Waals surface area contributed by atoms with Crippen LogP contribution >= 0.6 is 11.8 Å². The number of pyridine rings is 1. The monoisotopic (exact) mass is 423 g/mol. The molecule has 0 saturated carbocycles. The molecule has 1 amide bonds. The summed E-state index contributed by atoms with van der Waals surface area (Å²) in [7, 11) is 0. The Balaban J connectivity index is 1.32. The molecule has 4 rings (SSSR count). The van der Waals surface area contributed by atoms with Gasteiger partial charge in [0.2, 0.25) is 5.91 Å². The second kappa shape index (κ2) is 9.45. The summed E-state index contributed by atoms with van der Waals surface area (Å²) < 4.78 is 13.5. The first kappa shape index (κ1) is 20.0.